The predicted molar refractivity (Wildman–Crippen MR) is 127 cm³/mol. The fourth-order valence-corrected chi connectivity index (χ4v) is 5.00. The Balaban J connectivity index is 1.46. The van der Waals surface area contributed by atoms with Gasteiger partial charge in [-0.15, -0.1) is 0 Å². The minimum absolute atomic E-state index is 0.195. The monoisotopic (exact) mass is 524 g/mol. The van der Waals surface area contributed by atoms with E-state index in [9.17, 15) is 30.7 Å². The fraction of sp³-hybridized carbons (Fsp3) is 0.379. The van der Waals surface area contributed by atoms with Crippen molar-refractivity contribution in [1.29, 1.82) is 0 Å². The largest absolute Gasteiger partial charge is 0.429 e. The molecule has 0 N–H and O–H groups in total. The number of alkyl halides is 5. The molecule has 1 aliphatic rings. The second-order valence-corrected chi connectivity index (χ2v) is 9.59. The van der Waals surface area contributed by atoms with E-state index in [1.165, 1.54) is 37.3 Å². The zero-order valence-corrected chi connectivity index (χ0v) is 20.2. The van der Waals surface area contributed by atoms with E-state index in [4.69, 9.17) is 0 Å². The molecule has 37 heavy (non-hydrogen) atoms. The van der Waals surface area contributed by atoms with Crippen molar-refractivity contribution in [2.24, 2.45) is 5.92 Å². The summed E-state index contributed by atoms with van der Waals surface area (Å²) in [6.07, 6.45) is -2.04. The number of halogens is 7. The molecule has 0 aromatic heterocycles. The Morgan fingerprint density at radius 2 is 1.43 bits per heavy atom. The summed E-state index contributed by atoms with van der Waals surface area (Å²) in [7, 11) is 0. The fourth-order valence-electron chi connectivity index (χ4n) is 5.00. The molecule has 0 amide bonds. The Labute approximate surface area is 211 Å². The van der Waals surface area contributed by atoms with Crippen molar-refractivity contribution in [2.75, 3.05) is 0 Å². The lowest BCUT2D eigenvalue weighted by molar-refractivity contribution is -0.187. The van der Waals surface area contributed by atoms with Crippen LogP contribution in [0.1, 0.15) is 68.1 Å². The van der Waals surface area contributed by atoms with E-state index in [2.05, 4.69) is 11.7 Å². The number of hydrogen-bond acceptors (Lipinski definition) is 1. The topological polar surface area (TPSA) is 9.23 Å². The number of ether oxygens (including phenoxy) is 1. The lowest BCUT2D eigenvalue weighted by atomic mass is 9.93. The Hall–Kier alpha value is -3.03. The first-order valence-corrected chi connectivity index (χ1v) is 12.3. The summed E-state index contributed by atoms with van der Waals surface area (Å²) in [5.74, 6) is -2.66. The second-order valence-electron chi connectivity index (χ2n) is 9.59. The van der Waals surface area contributed by atoms with Gasteiger partial charge in [0.25, 0.3) is 0 Å². The van der Waals surface area contributed by atoms with Gasteiger partial charge in [0.2, 0.25) is 0 Å². The Bertz CT molecular complexity index is 1220. The van der Waals surface area contributed by atoms with Crippen molar-refractivity contribution in [3.05, 3.63) is 89.0 Å². The number of unbranched alkanes of at least 4 members (excludes halogenated alkanes) is 1. The normalized spacial score (nSPS) is 18.3. The van der Waals surface area contributed by atoms with Crippen LogP contribution in [0.2, 0.25) is 0 Å². The molecular weight excluding hydrogens is 497 g/mol. The summed E-state index contributed by atoms with van der Waals surface area (Å²) in [5, 5.41) is 0. The smallest absolute Gasteiger partial charge is 0.429 e. The van der Waals surface area contributed by atoms with E-state index in [-0.39, 0.29) is 6.07 Å². The van der Waals surface area contributed by atoms with Crippen LogP contribution in [0.3, 0.4) is 0 Å². The van der Waals surface area contributed by atoms with Gasteiger partial charge in [0, 0.05) is 6.07 Å². The molecular formula is C29H27F7O. The highest BCUT2D eigenvalue weighted by atomic mass is 19.4. The Kier molecular flexibility index (Phi) is 7.85. The summed E-state index contributed by atoms with van der Waals surface area (Å²) < 4.78 is 100. The summed E-state index contributed by atoms with van der Waals surface area (Å²) in [6.45, 7) is 2.19. The average Bonchev–Trinajstić information content (AvgIpc) is 3.30. The Morgan fingerprint density at radius 1 is 0.784 bits per heavy atom. The third-order valence-electron chi connectivity index (χ3n) is 7.00. The predicted octanol–water partition coefficient (Wildman–Crippen LogP) is 9.85. The minimum atomic E-state index is -4.99. The molecule has 198 valence electrons. The van der Waals surface area contributed by atoms with Crippen molar-refractivity contribution in [3.63, 3.8) is 0 Å². The van der Waals surface area contributed by atoms with Gasteiger partial charge in [-0.25, -0.2) is 8.78 Å². The molecule has 0 aliphatic heterocycles. The number of hydrogen-bond donors (Lipinski definition) is 0. The van der Waals surface area contributed by atoms with Gasteiger partial charge in [0.15, 0.2) is 0 Å². The van der Waals surface area contributed by atoms with Gasteiger partial charge in [0.1, 0.15) is 17.4 Å². The lowest BCUT2D eigenvalue weighted by Crippen LogP contribution is -2.23. The van der Waals surface area contributed by atoms with E-state index in [0.29, 0.717) is 29.2 Å². The summed E-state index contributed by atoms with van der Waals surface area (Å²) >= 11 is 0. The molecule has 1 saturated carbocycles. The maximum absolute atomic E-state index is 14.7. The molecule has 0 saturated heterocycles. The standard InChI is InChI=1S/C29H27F7O/c1-2-3-4-18-5-6-21(15-18)19-7-9-20(10-8-19)22-11-13-25(26(30)16-22)29(35,36)37-23-12-14-24(27(31)17-23)28(32,33)34/h7-14,16-18,21H,2-6,15H2,1H3. The molecule has 0 bridgehead atoms. The van der Waals surface area contributed by atoms with Crippen molar-refractivity contribution < 1.29 is 35.5 Å². The minimum Gasteiger partial charge on any atom is -0.429 e. The molecule has 0 heterocycles. The highest BCUT2D eigenvalue weighted by Crippen LogP contribution is 2.41. The van der Waals surface area contributed by atoms with Gasteiger partial charge in [0.05, 0.1) is 11.1 Å². The highest BCUT2D eigenvalue weighted by Gasteiger charge is 2.39. The molecule has 1 fully saturated rings. The maximum atomic E-state index is 14.7. The third kappa shape index (κ3) is 6.28. The molecule has 4 rings (SSSR count). The molecule has 2 unspecified atom stereocenters. The summed E-state index contributed by atoms with van der Waals surface area (Å²) in [6, 6.07) is 11.8. The van der Waals surface area contributed by atoms with Gasteiger partial charge in [-0.3, -0.25) is 0 Å². The van der Waals surface area contributed by atoms with Crippen molar-refractivity contribution in [1.82, 2.24) is 0 Å². The quantitative estimate of drug-likeness (QED) is 0.267. The van der Waals surface area contributed by atoms with E-state index in [0.717, 1.165) is 30.9 Å². The number of rotatable bonds is 8. The lowest BCUT2D eigenvalue weighted by Gasteiger charge is -2.20. The van der Waals surface area contributed by atoms with Crippen LogP contribution in [-0.4, -0.2) is 0 Å². The maximum Gasteiger partial charge on any atom is 0.429 e. The Morgan fingerprint density at radius 3 is 2.05 bits per heavy atom. The zero-order valence-electron chi connectivity index (χ0n) is 20.2. The molecule has 1 nitrogen and oxygen atoms in total. The van der Waals surface area contributed by atoms with Crippen molar-refractivity contribution in [2.45, 2.75) is 63.7 Å². The van der Waals surface area contributed by atoms with Gasteiger partial charge in [-0.05, 0) is 72.1 Å². The van der Waals surface area contributed by atoms with Crippen LogP contribution >= 0.6 is 0 Å². The van der Waals surface area contributed by atoms with Crippen molar-refractivity contribution in [3.8, 4) is 16.9 Å². The summed E-state index contributed by atoms with van der Waals surface area (Å²) in [5.41, 5.74) is -0.477. The third-order valence-corrected chi connectivity index (χ3v) is 7.00. The molecule has 0 spiro atoms. The van der Waals surface area contributed by atoms with Gasteiger partial charge < -0.3 is 4.74 Å². The van der Waals surface area contributed by atoms with E-state index >= 15 is 0 Å². The van der Waals surface area contributed by atoms with E-state index in [1.807, 2.05) is 24.3 Å². The van der Waals surface area contributed by atoms with E-state index in [1.54, 1.807) is 0 Å². The van der Waals surface area contributed by atoms with Crippen LogP contribution in [0.4, 0.5) is 30.7 Å². The highest BCUT2D eigenvalue weighted by molar-refractivity contribution is 5.64. The molecule has 0 radical (unpaired) electrons. The van der Waals surface area contributed by atoms with E-state index < -0.39 is 40.8 Å². The van der Waals surface area contributed by atoms with Crippen LogP contribution in [0, 0.1) is 17.6 Å². The molecule has 1 aliphatic carbocycles. The molecule has 2 atom stereocenters. The van der Waals surface area contributed by atoms with Crippen molar-refractivity contribution >= 4 is 0 Å². The van der Waals surface area contributed by atoms with Crippen LogP contribution < -0.4 is 4.74 Å². The van der Waals surface area contributed by atoms with Gasteiger partial charge in [-0.1, -0.05) is 56.5 Å². The average molecular weight is 525 g/mol. The first kappa shape index (κ1) is 27.0. The van der Waals surface area contributed by atoms with Crippen LogP contribution in [0.15, 0.2) is 60.7 Å². The van der Waals surface area contributed by atoms with Crippen LogP contribution in [-0.2, 0) is 12.3 Å². The first-order valence-electron chi connectivity index (χ1n) is 12.3. The SMILES string of the molecule is CCCCC1CCC(c2ccc(-c3ccc(C(F)(F)Oc4ccc(C(F)(F)F)c(F)c4)c(F)c3)cc2)C1. The van der Waals surface area contributed by atoms with Gasteiger partial charge in [-0.2, -0.15) is 22.0 Å². The molecule has 3 aromatic rings. The molecule has 8 heteroatoms. The first-order chi connectivity index (χ1) is 17.5. The van der Waals surface area contributed by atoms with Crippen LogP contribution in [0.25, 0.3) is 11.1 Å². The second kappa shape index (κ2) is 10.8. The molecule has 3 aromatic carbocycles. The summed E-state index contributed by atoms with van der Waals surface area (Å²) in [4.78, 5) is 0. The number of benzene rings is 3. The van der Waals surface area contributed by atoms with Gasteiger partial charge >= 0.3 is 12.3 Å². The van der Waals surface area contributed by atoms with Crippen LogP contribution in [0.5, 0.6) is 5.75 Å². The zero-order chi connectivity index (χ0) is 26.8.